The zero-order chi connectivity index (χ0) is 15.8. The third-order valence-corrected chi connectivity index (χ3v) is 3.10. The Bertz CT molecular complexity index is 718. The molecule has 0 aliphatic carbocycles. The fourth-order valence-corrected chi connectivity index (χ4v) is 2.14. The van der Waals surface area contributed by atoms with Crippen LogP contribution in [0.4, 0.5) is 0 Å². The molecule has 4 aromatic carbocycles. The molecule has 0 spiro atoms. The summed E-state index contributed by atoms with van der Waals surface area (Å²) in [5.74, 6) is 0. The fourth-order valence-electron chi connectivity index (χ4n) is 2.14. The molecular weight excluding hydrogens is 430 g/mol. The van der Waals surface area contributed by atoms with Gasteiger partial charge in [-0.3, -0.25) is 0 Å². The van der Waals surface area contributed by atoms with Gasteiger partial charge in [0, 0.05) is 0 Å². The summed E-state index contributed by atoms with van der Waals surface area (Å²) in [7, 11) is 1.31. The Kier molecular flexibility index (Phi) is 12.1. The third-order valence-electron chi connectivity index (χ3n) is 3.10. The minimum absolute atomic E-state index is 0. The van der Waals surface area contributed by atoms with Crippen molar-refractivity contribution in [2.45, 2.75) is 6.92 Å². The number of rotatable bonds is 0. The molecule has 0 bridgehead atoms. The Balaban J connectivity index is 0.000000341. The van der Waals surface area contributed by atoms with Crippen molar-refractivity contribution >= 4 is 34.6 Å². The number of hydrogen-bond donors (Lipinski definition) is 0. The van der Waals surface area contributed by atoms with Crippen molar-refractivity contribution in [1.29, 1.82) is 0 Å². The van der Waals surface area contributed by atoms with Crippen LogP contribution < -0.4 is 24.8 Å². The van der Waals surface area contributed by atoms with Gasteiger partial charge in [-0.15, -0.1) is 59.3 Å². The average molecular weight is 451 g/mol. The van der Waals surface area contributed by atoms with Crippen LogP contribution in [0.1, 0.15) is 6.92 Å². The van der Waals surface area contributed by atoms with Gasteiger partial charge >= 0.3 is 44.2 Å². The average Bonchev–Trinajstić information content (AvgIpc) is 3.16. The van der Waals surface area contributed by atoms with Crippen molar-refractivity contribution in [1.82, 2.24) is 0 Å². The van der Waals surface area contributed by atoms with E-state index in [0.717, 1.165) is 0 Å². The topological polar surface area (TPSA) is 0 Å². The summed E-state index contributed by atoms with van der Waals surface area (Å²) >= 11 is 1.62. The van der Waals surface area contributed by atoms with Crippen molar-refractivity contribution in [3.8, 4) is 0 Å². The van der Waals surface area contributed by atoms with Gasteiger partial charge in [0.25, 0.3) is 0 Å². The molecule has 4 aromatic rings. The summed E-state index contributed by atoms with van der Waals surface area (Å²) in [5, 5.41) is 5.32. The molecule has 0 N–H and O–H groups in total. The molecule has 0 atom stereocenters. The first-order chi connectivity index (χ1) is 10.7. The largest absolute Gasteiger partial charge is 1.00 e. The number of halogens is 2. The van der Waals surface area contributed by atoms with Crippen molar-refractivity contribution in [2.75, 3.05) is 0 Å². The van der Waals surface area contributed by atoms with Crippen molar-refractivity contribution in [3.63, 3.8) is 0 Å². The molecule has 0 heterocycles. The molecule has 0 aliphatic heterocycles. The molecule has 0 fully saturated rings. The van der Waals surface area contributed by atoms with Crippen LogP contribution in [-0.2, 0) is 24.2 Å². The van der Waals surface area contributed by atoms with E-state index in [4.69, 9.17) is 0 Å². The first kappa shape index (κ1) is 23.2. The van der Waals surface area contributed by atoms with Crippen molar-refractivity contribution in [2.24, 2.45) is 0 Å². The molecule has 0 nitrogen and oxygen atoms in total. The smallest absolute Gasteiger partial charge is 0.0809 e. The van der Waals surface area contributed by atoms with E-state index >= 15 is 0 Å². The van der Waals surface area contributed by atoms with Gasteiger partial charge in [0.05, 0.1) is 0 Å². The first-order valence-electron chi connectivity index (χ1n) is 7.39. The van der Waals surface area contributed by atoms with E-state index in [9.17, 15) is 0 Å². The van der Waals surface area contributed by atoms with Gasteiger partial charge in [0.1, 0.15) is 0 Å². The van der Waals surface area contributed by atoms with E-state index in [1.807, 2.05) is 0 Å². The molecule has 0 aliphatic rings. The molecule has 0 saturated carbocycles. The summed E-state index contributed by atoms with van der Waals surface area (Å²) in [5.41, 5.74) is 0. The Labute approximate surface area is 174 Å². The summed E-state index contributed by atoms with van der Waals surface area (Å²) < 4.78 is 1.65. The quantitative estimate of drug-likeness (QED) is 0.219. The summed E-state index contributed by atoms with van der Waals surface area (Å²) in [6, 6.07) is 29.3. The second-order valence-electron chi connectivity index (χ2n) is 5.31. The monoisotopic (exact) mass is 448 g/mol. The molecule has 0 amide bonds. The van der Waals surface area contributed by atoms with Gasteiger partial charge in [-0.25, -0.2) is 0 Å². The van der Waals surface area contributed by atoms with Crippen LogP contribution in [0.25, 0.3) is 21.5 Å². The number of hydrogen-bond acceptors (Lipinski definition) is 0. The van der Waals surface area contributed by atoms with Crippen LogP contribution in [-0.4, -0.2) is 13.1 Å². The van der Waals surface area contributed by atoms with Crippen molar-refractivity contribution < 1.29 is 49.0 Å². The molecule has 4 rings (SSSR count). The zero-order valence-electron chi connectivity index (χ0n) is 13.8. The van der Waals surface area contributed by atoms with Gasteiger partial charge < -0.3 is 24.8 Å². The Morgan fingerprint density at radius 2 is 1.08 bits per heavy atom. The van der Waals surface area contributed by atoms with Gasteiger partial charge in [-0.05, 0) is 0 Å². The molecule has 124 valence electrons. The Morgan fingerprint density at radius 3 is 1.42 bits per heavy atom. The number of fused-ring (bicyclic) bond motifs is 2. The van der Waals surface area contributed by atoms with Gasteiger partial charge in [0.2, 0.25) is 0 Å². The standard InChI is InChI=1S/2C9H7.C2H6Si.2ClH.Zr/c2*1-2-5-9-7-3-6-8(9)4-1;1-2-3;;;/h2*1-7H;1,3H3;2*1H;/q2*-1;;;;+2/p-2. The molecule has 4 heteroatoms. The van der Waals surface area contributed by atoms with Crippen LogP contribution >= 0.6 is 0 Å². The molecule has 0 radical (unpaired) electrons. The van der Waals surface area contributed by atoms with Crippen LogP contribution in [0.3, 0.4) is 0 Å². The Morgan fingerprint density at radius 1 is 0.750 bits per heavy atom. The fraction of sp³-hybridized carbons (Fsp3) is 0.0500. The van der Waals surface area contributed by atoms with E-state index in [1.165, 1.54) is 31.8 Å². The maximum absolute atomic E-state index is 2.19. The predicted octanol–water partition coefficient (Wildman–Crippen LogP) is -1.83. The maximum atomic E-state index is 2.19. The van der Waals surface area contributed by atoms with Gasteiger partial charge in [-0.1, -0.05) is 12.1 Å². The molecule has 24 heavy (non-hydrogen) atoms. The SMILES string of the molecule is C[C]([SiH3])=[Zr+2].[Cl-].[Cl-].c1ccc2[cH-]ccc2c1.c1ccc2[cH-]ccc2c1. The van der Waals surface area contributed by atoms with Crippen LogP contribution in [0.15, 0.2) is 84.9 Å². The third kappa shape index (κ3) is 7.85. The molecular formula is C20H20Cl2SiZr-2. The number of benzene rings is 2. The van der Waals surface area contributed by atoms with Crippen LogP contribution in [0.5, 0.6) is 0 Å². The maximum Gasteiger partial charge on any atom is -0.0809 e. The molecule has 0 saturated heterocycles. The second-order valence-corrected chi connectivity index (χ2v) is 11.7. The summed E-state index contributed by atoms with van der Waals surface area (Å²) in [4.78, 5) is 0. The van der Waals surface area contributed by atoms with Gasteiger partial charge in [0.15, 0.2) is 0 Å². The minimum Gasteiger partial charge on any atom is -1.00 e. The van der Waals surface area contributed by atoms with E-state index in [0.29, 0.717) is 0 Å². The van der Waals surface area contributed by atoms with E-state index in [2.05, 4.69) is 91.9 Å². The first-order valence-corrected chi connectivity index (χ1v) is 9.62. The molecule has 0 aromatic heterocycles. The normalized spacial score (nSPS) is 8.96. The Hall–Kier alpha value is -0.790. The summed E-state index contributed by atoms with van der Waals surface area (Å²) in [6.45, 7) is 2.19. The molecule has 0 unspecified atom stereocenters. The second kappa shape index (κ2) is 12.6. The van der Waals surface area contributed by atoms with Crippen LogP contribution in [0, 0.1) is 0 Å². The summed E-state index contributed by atoms with van der Waals surface area (Å²) in [6.07, 6.45) is 0. The van der Waals surface area contributed by atoms with Gasteiger partial charge in [-0.2, -0.15) is 35.0 Å². The predicted molar refractivity (Wildman–Crippen MR) is 99.7 cm³/mol. The minimum atomic E-state index is 0. The van der Waals surface area contributed by atoms with E-state index in [1.54, 1.807) is 27.1 Å². The zero-order valence-corrected chi connectivity index (χ0v) is 19.8. The van der Waals surface area contributed by atoms with E-state index in [-0.39, 0.29) is 24.8 Å². The van der Waals surface area contributed by atoms with Crippen LogP contribution in [0.2, 0.25) is 0 Å². The van der Waals surface area contributed by atoms with E-state index < -0.39 is 0 Å². The van der Waals surface area contributed by atoms with Crippen molar-refractivity contribution in [3.05, 3.63) is 84.9 Å².